The second-order valence-electron chi connectivity index (χ2n) is 4.95. The summed E-state index contributed by atoms with van der Waals surface area (Å²) in [5.74, 6) is -0.394. The van der Waals surface area contributed by atoms with Crippen LogP contribution in [0.4, 0.5) is 4.79 Å². The van der Waals surface area contributed by atoms with Crippen molar-refractivity contribution in [3.05, 3.63) is 22.4 Å². The minimum Gasteiger partial charge on any atom is -0.388 e. The van der Waals surface area contributed by atoms with E-state index in [0.29, 0.717) is 6.42 Å². The lowest BCUT2D eigenvalue weighted by Crippen LogP contribution is -2.44. The fourth-order valence-electron chi connectivity index (χ4n) is 2.59. The van der Waals surface area contributed by atoms with Gasteiger partial charge in [0.15, 0.2) is 0 Å². The maximum absolute atomic E-state index is 11.6. The lowest BCUT2D eigenvalue weighted by Gasteiger charge is -2.25. The van der Waals surface area contributed by atoms with E-state index < -0.39 is 18.0 Å². The van der Waals surface area contributed by atoms with Gasteiger partial charge < -0.3 is 10.8 Å². The van der Waals surface area contributed by atoms with E-state index in [1.807, 2.05) is 22.4 Å². The topological polar surface area (TPSA) is 95.7 Å². The molecular weight excluding hydrogens is 278 g/mol. The standard InChI is InChI=1S/C13H19N3O3S/c14-13(19)15-12(18)8-16-5-1-3-9(16)7-10(17)11-4-2-6-20-11/h2,4,6,9-10,17H,1,3,5,7-8H2,(H3,14,15,18,19). The molecule has 1 aromatic rings. The summed E-state index contributed by atoms with van der Waals surface area (Å²) in [6.07, 6.45) is 2.04. The smallest absolute Gasteiger partial charge is 0.318 e. The zero-order valence-corrected chi connectivity index (χ0v) is 11.9. The number of hydrogen-bond acceptors (Lipinski definition) is 5. The molecule has 0 spiro atoms. The number of primary amides is 1. The molecular formula is C13H19N3O3S. The summed E-state index contributed by atoms with van der Waals surface area (Å²) in [7, 11) is 0. The SMILES string of the molecule is NC(=O)NC(=O)CN1CCCC1CC(O)c1cccs1. The van der Waals surface area contributed by atoms with Crippen LogP contribution in [0.25, 0.3) is 0 Å². The number of carbonyl (C=O) groups excluding carboxylic acids is 2. The van der Waals surface area contributed by atoms with Gasteiger partial charge in [-0.05, 0) is 37.3 Å². The third-order valence-corrected chi connectivity index (χ3v) is 4.45. The summed E-state index contributed by atoms with van der Waals surface area (Å²) in [6.45, 7) is 0.943. The van der Waals surface area contributed by atoms with E-state index >= 15 is 0 Å². The van der Waals surface area contributed by atoms with Crippen molar-refractivity contribution in [1.82, 2.24) is 10.2 Å². The predicted octanol–water partition coefficient (Wildman–Crippen LogP) is 0.831. The van der Waals surface area contributed by atoms with Crippen molar-refractivity contribution in [2.24, 2.45) is 5.73 Å². The molecule has 0 aromatic carbocycles. The van der Waals surface area contributed by atoms with E-state index in [-0.39, 0.29) is 12.6 Å². The predicted molar refractivity (Wildman–Crippen MR) is 76.2 cm³/mol. The Bertz CT molecular complexity index is 463. The number of aliphatic hydroxyl groups is 1. The van der Waals surface area contributed by atoms with E-state index in [1.165, 1.54) is 11.3 Å². The van der Waals surface area contributed by atoms with Gasteiger partial charge >= 0.3 is 6.03 Å². The Balaban J connectivity index is 1.87. The highest BCUT2D eigenvalue weighted by atomic mass is 32.1. The number of carbonyl (C=O) groups is 2. The van der Waals surface area contributed by atoms with Crippen LogP contribution in [0.1, 0.15) is 30.2 Å². The molecule has 110 valence electrons. The van der Waals surface area contributed by atoms with E-state index in [4.69, 9.17) is 5.73 Å². The highest BCUT2D eigenvalue weighted by molar-refractivity contribution is 7.10. The van der Waals surface area contributed by atoms with Crippen LogP contribution in [0.2, 0.25) is 0 Å². The normalized spacial score (nSPS) is 20.8. The second-order valence-corrected chi connectivity index (χ2v) is 5.93. The van der Waals surface area contributed by atoms with E-state index in [9.17, 15) is 14.7 Å². The summed E-state index contributed by atoms with van der Waals surface area (Å²) in [4.78, 5) is 25.1. The first-order chi connectivity index (χ1) is 9.56. The Morgan fingerprint density at radius 1 is 1.60 bits per heavy atom. The number of thiophene rings is 1. The average molecular weight is 297 g/mol. The zero-order valence-electron chi connectivity index (χ0n) is 11.1. The summed E-state index contributed by atoms with van der Waals surface area (Å²) in [5, 5.41) is 14.2. The third kappa shape index (κ3) is 4.03. The molecule has 4 N–H and O–H groups in total. The van der Waals surface area contributed by atoms with E-state index in [1.54, 1.807) is 0 Å². The number of imide groups is 1. The van der Waals surface area contributed by atoms with Gasteiger partial charge in [0.05, 0.1) is 12.6 Å². The quantitative estimate of drug-likeness (QED) is 0.750. The Hall–Kier alpha value is -1.44. The molecule has 0 saturated carbocycles. The first-order valence-electron chi connectivity index (χ1n) is 6.61. The molecule has 2 atom stereocenters. The number of urea groups is 1. The molecule has 0 aliphatic carbocycles. The van der Waals surface area contributed by atoms with Gasteiger partial charge in [0, 0.05) is 10.9 Å². The minimum absolute atomic E-state index is 0.144. The summed E-state index contributed by atoms with van der Waals surface area (Å²) >= 11 is 1.53. The summed E-state index contributed by atoms with van der Waals surface area (Å²) in [5.41, 5.74) is 4.92. The van der Waals surface area contributed by atoms with Gasteiger partial charge in [-0.2, -0.15) is 0 Å². The lowest BCUT2D eigenvalue weighted by atomic mass is 10.1. The Kier molecular flexibility index (Phi) is 5.11. The highest BCUT2D eigenvalue weighted by Crippen LogP contribution is 2.29. The second kappa shape index (κ2) is 6.83. The van der Waals surface area contributed by atoms with Crippen LogP contribution in [0.5, 0.6) is 0 Å². The van der Waals surface area contributed by atoms with Crippen LogP contribution >= 0.6 is 11.3 Å². The number of amides is 3. The number of nitrogens with one attached hydrogen (secondary N) is 1. The molecule has 20 heavy (non-hydrogen) atoms. The molecule has 7 heteroatoms. The molecule has 0 radical (unpaired) electrons. The summed E-state index contributed by atoms with van der Waals surface area (Å²) < 4.78 is 0. The van der Waals surface area contributed by atoms with Crippen molar-refractivity contribution in [3.8, 4) is 0 Å². The zero-order chi connectivity index (χ0) is 14.5. The van der Waals surface area contributed by atoms with Crippen molar-refractivity contribution in [2.45, 2.75) is 31.4 Å². The van der Waals surface area contributed by atoms with Crippen molar-refractivity contribution in [3.63, 3.8) is 0 Å². The van der Waals surface area contributed by atoms with Crippen LogP contribution in [-0.4, -0.2) is 41.1 Å². The number of aliphatic hydroxyl groups excluding tert-OH is 1. The van der Waals surface area contributed by atoms with E-state index in [0.717, 1.165) is 24.3 Å². The molecule has 2 rings (SSSR count). The van der Waals surface area contributed by atoms with E-state index in [2.05, 4.69) is 5.32 Å². The lowest BCUT2D eigenvalue weighted by molar-refractivity contribution is -0.121. The highest BCUT2D eigenvalue weighted by Gasteiger charge is 2.28. The summed E-state index contributed by atoms with van der Waals surface area (Å²) in [6, 6.07) is 3.15. The monoisotopic (exact) mass is 297 g/mol. The molecule has 2 unspecified atom stereocenters. The molecule has 2 heterocycles. The molecule has 6 nitrogen and oxygen atoms in total. The number of nitrogens with zero attached hydrogens (tertiary/aromatic N) is 1. The molecule has 0 bridgehead atoms. The van der Waals surface area contributed by atoms with Crippen molar-refractivity contribution < 1.29 is 14.7 Å². The van der Waals surface area contributed by atoms with Gasteiger partial charge in [-0.15, -0.1) is 11.3 Å². The first kappa shape index (κ1) is 15.0. The van der Waals surface area contributed by atoms with Crippen LogP contribution < -0.4 is 11.1 Å². The molecule has 1 saturated heterocycles. The van der Waals surface area contributed by atoms with Crippen molar-refractivity contribution >= 4 is 23.3 Å². The molecule has 1 aromatic heterocycles. The molecule has 1 fully saturated rings. The largest absolute Gasteiger partial charge is 0.388 e. The van der Waals surface area contributed by atoms with Crippen LogP contribution in [-0.2, 0) is 4.79 Å². The maximum Gasteiger partial charge on any atom is 0.318 e. The molecule has 1 aliphatic rings. The Labute approximate surface area is 121 Å². The first-order valence-corrected chi connectivity index (χ1v) is 7.49. The Morgan fingerprint density at radius 3 is 3.05 bits per heavy atom. The fraction of sp³-hybridized carbons (Fsp3) is 0.538. The number of nitrogens with two attached hydrogens (primary N) is 1. The van der Waals surface area contributed by atoms with Crippen LogP contribution in [0.3, 0.4) is 0 Å². The fourth-order valence-corrected chi connectivity index (χ4v) is 3.31. The number of hydrogen-bond donors (Lipinski definition) is 3. The van der Waals surface area contributed by atoms with Gasteiger partial charge in [0.2, 0.25) is 5.91 Å². The third-order valence-electron chi connectivity index (χ3n) is 3.48. The van der Waals surface area contributed by atoms with Gasteiger partial charge in [-0.1, -0.05) is 6.07 Å². The van der Waals surface area contributed by atoms with Crippen LogP contribution in [0.15, 0.2) is 17.5 Å². The van der Waals surface area contributed by atoms with Gasteiger partial charge in [-0.25, -0.2) is 4.79 Å². The van der Waals surface area contributed by atoms with Gasteiger partial charge in [-0.3, -0.25) is 15.0 Å². The number of rotatable bonds is 5. The van der Waals surface area contributed by atoms with Gasteiger partial charge in [0.25, 0.3) is 0 Å². The average Bonchev–Trinajstić information content (AvgIpc) is 3.00. The van der Waals surface area contributed by atoms with Crippen molar-refractivity contribution in [1.29, 1.82) is 0 Å². The van der Waals surface area contributed by atoms with Crippen molar-refractivity contribution in [2.75, 3.05) is 13.1 Å². The Morgan fingerprint density at radius 2 is 2.40 bits per heavy atom. The molecule has 1 aliphatic heterocycles. The number of likely N-dealkylation sites (tertiary alicyclic amines) is 1. The minimum atomic E-state index is -0.829. The maximum atomic E-state index is 11.6. The molecule has 3 amide bonds. The van der Waals surface area contributed by atoms with Gasteiger partial charge in [0.1, 0.15) is 0 Å². The van der Waals surface area contributed by atoms with Crippen LogP contribution in [0, 0.1) is 0 Å².